The van der Waals surface area contributed by atoms with Gasteiger partial charge in [-0.2, -0.15) is 0 Å². The van der Waals surface area contributed by atoms with E-state index in [1.807, 2.05) is 0 Å². The Morgan fingerprint density at radius 3 is 2.82 bits per heavy atom. The number of nitrogens with two attached hydrogens (primary N) is 1. The van der Waals surface area contributed by atoms with Crippen LogP contribution in [0.2, 0.25) is 0 Å². The van der Waals surface area contributed by atoms with Crippen LogP contribution in [-0.4, -0.2) is 4.98 Å². The third kappa shape index (κ3) is 1.99. The SMILES string of the molecule is CCCc1ccc2nc(C3CC3)cc(N)c2c1. The lowest BCUT2D eigenvalue weighted by molar-refractivity contribution is 0.923. The number of fused-ring (bicyclic) bond motifs is 1. The first-order valence-corrected chi connectivity index (χ1v) is 6.47. The second-order valence-electron chi connectivity index (χ2n) is 5.01. The number of nitrogen functional groups attached to an aromatic ring is 1. The molecule has 88 valence electrons. The van der Waals surface area contributed by atoms with Crippen LogP contribution in [0.15, 0.2) is 24.3 Å². The van der Waals surface area contributed by atoms with Gasteiger partial charge in [0, 0.05) is 22.7 Å². The van der Waals surface area contributed by atoms with Gasteiger partial charge >= 0.3 is 0 Å². The summed E-state index contributed by atoms with van der Waals surface area (Å²) < 4.78 is 0. The van der Waals surface area contributed by atoms with Gasteiger partial charge in [-0.05, 0) is 43.0 Å². The Labute approximate surface area is 102 Å². The Balaban J connectivity index is 2.10. The van der Waals surface area contributed by atoms with Crippen molar-refractivity contribution in [2.45, 2.75) is 38.5 Å². The normalized spacial score (nSPS) is 15.4. The Bertz CT molecular complexity index is 556. The standard InChI is InChI=1S/C15H18N2/c1-2-3-10-4-7-14-12(8-10)13(16)9-15(17-14)11-5-6-11/h4,7-9,11H,2-3,5-6H2,1H3,(H2,16,17). The molecule has 2 aromatic rings. The molecule has 0 spiro atoms. The fourth-order valence-electron chi connectivity index (χ4n) is 2.35. The van der Waals surface area contributed by atoms with Gasteiger partial charge < -0.3 is 5.73 Å². The number of hydrogen-bond acceptors (Lipinski definition) is 2. The molecule has 0 saturated heterocycles. The van der Waals surface area contributed by atoms with Crippen LogP contribution in [0.1, 0.15) is 43.4 Å². The van der Waals surface area contributed by atoms with Crippen LogP contribution in [0.5, 0.6) is 0 Å². The van der Waals surface area contributed by atoms with E-state index in [1.165, 1.54) is 30.5 Å². The van der Waals surface area contributed by atoms with Crippen LogP contribution in [0.25, 0.3) is 10.9 Å². The van der Waals surface area contributed by atoms with E-state index in [-0.39, 0.29) is 0 Å². The van der Waals surface area contributed by atoms with Crippen LogP contribution in [-0.2, 0) is 6.42 Å². The van der Waals surface area contributed by atoms with Crippen LogP contribution >= 0.6 is 0 Å². The fraction of sp³-hybridized carbons (Fsp3) is 0.400. The number of nitrogens with zero attached hydrogens (tertiary/aromatic N) is 1. The van der Waals surface area contributed by atoms with Gasteiger partial charge in [-0.3, -0.25) is 4.98 Å². The lowest BCUT2D eigenvalue weighted by Crippen LogP contribution is -1.95. The minimum atomic E-state index is 0.664. The van der Waals surface area contributed by atoms with Crippen molar-refractivity contribution in [3.63, 3.8) is 0 Å². The summed E-state index contributed by atoms with van der Waals surface area (Å²) in [5, 5.41) is 1.11. The molecule has 0 atom stereocenters. The van der Waals surface area contributed by atoms with E-state index in [0.717, 1.165) is 23.0 Å². The summed E-state index contributed by atoms with van der Waals surface area (Å²) >= 11 is 0. The summed E-state index contributed by atoms with van der Waals surface area (Å²) in [6, 6.07) is 8.55. The van der Waals surface area contributed by atoms with Crippen molar-refractivity contribution in [3.8, 4) is 0 Å². The molecule has 0 bridgehead atoms. The van der Waals surface area contributed by atoms with Gasteiger partial charge in [-0.1, -0.05) is 19.4 Å². The lowest BCUT2D eigenvalue weighted by atomic mass is 10.0. The lowest BCUT2D eigenvalue weighted by Gasteiger charge is -2.07. The van der Waals surface area contributed by atoms with Crippen molar-refractivity contribution in [1.82, 2.24) is 4.98 Å². The first kappa shape index (κ1) is 10.6. The molecule has 1 heterocycles. The van der Waals surface area contributed by atoms with Gasteiger partial charge in [0.2, 0.25) is 0 Å². The number of pyridine rings is 1. The zero-order valence-electron chi connectivity index (χ0n) is 10.2. The van der Waals surface area contributed by atoms with Crippen molar-refractivity contribution in [3.05, 3.63) is 35.5 Å². The number of aryl methyl sites for hydroxylation is 1. The summed E-state index contributed by atoms with van der Waals surface area (Å²) in [5.41, 5.74) is 10.6. The smallest absolute Gasteiger partial charge is 0.0726 e. The molecule has 1 aromatic heterocycles. The van der Waals surface area contributed by atoms with E-state index in [4.69, 9.17) is 10.7 Å². The molecule has 2 N–H and O–H groups in total. The maximum absolute atomic E-state index is 6.15. The number of rotatable bonds is 3. The maximum atomic E-state index is 6.15. The first-order valence-electron chi connectivity index (χ1n) is 6.47. The van der Waals surface area contributed by atoms with Crippen LogP contribution in [0.4, 0.5) is 5.69 Å². The molecule has 1 aliphatic carbocycles. The zero-order chi connectivity index (χ0) is 11.8. The number of benzene rings is 1. The molecular formula is C15H18N2. The molecule has 2 nitrogen and oxygen atoms in total. The molecule has 1 aromatic carbocycles. The zero-order valence-corrected chi connectivity index (χ0v) is 10.2. The predicted molar refractivity (Wildman–Crippen MR) is 72.1 cm³/mol. The number of hydrogen-bond donors (Lipinski definition) is 1. The topological polar surface area (TPSA) is 38.9 Å². The average molecular weight is 226 g/mol. The molecule has 0 radical (unpaired) electrons. The maximum Gasteiger partial charge on any atom is 0.0726 e. The molecule has 1 fully saturated rings. The van der Waals surface area contributed by atoms with E-state index in [9.17, 15) is 0 Å². The highest BCUT2D eigenvalue weighted by Crippen LogP contribution is 2.40. The second kappa shape index (κ2) is 4.02. The molecule has 1 aliphatic rings. The monoisotopic (exact) mass is 226 g/mol. The highest BCUT2D eigenvalue weighted by Gasteiger charge is 2.25. The molecule has 2 heteroatoms. The van der Waals surface area contributed by atoms with Gasteiger partial charge in [-0.15, -0.1) is 0 Å². The molecule has 3 rings (SSSR count). The van der Waals surface area contributed by atoms with E-state index in [0.29, 0.717) is 5.92 Å². The van der Waals surface area contributed by atoms with E-state index in [1.54, 1.807) is 0 Å². The summed E-state index contributed by atoms with van der Waals surface area (Å²) in [6.07, 6.45) is 4.82. The molecule has 17 heavy (non-hydrogen) atoms. The van der Waals surface area contributed by atoms with E-state index < -0.39 is 0 Å². The quantitative estimate of drug-likeness (QED) is 0.867. The van der Waals surface area contributed by atoms with Crippen molar-refractivity contribution in [2.75, 3.05) is 5.73 Å². The highest BCUT2D eigenvalue weighted by molar-refractivity contribution is 5.90. The summed E-state index contributed by atoms with van der Waals surface area (Å²) in [5.74, 6) is 0.664. The second-order valence-corrected chi connectivity index (χ2v) is 5.01. The minimum absolute atomic E-state index is 0.664. The largest absolute Gasteiger partial charge is 0.398 e. The van der Waals surface area contributed by atoms with Crippen molar-refractivity contribution < 1.29 is 0 Å². The third-order valence-electron chi connectivity index (χ3n) is 3.46. The van der Waals surface area contributed by atoms with Gasteiger partial charge in [0.15, 0.2) is 0 Å². The summed E-state index contributed by atoms with van der Waals surface area (Å²) in [6.45, 7) is 2.20. The van der Waals surface area contributed by atoms with E-state index >= 15 is 0 Å². The Hall–Kier alpha value is -1.57. The van der Waals surface area contributed by atoms with Gasteiger partial charge in [0.25, 0.3) is 0 Å². The predicted octanol–water partition coefficient (Wildman–Crippen LogP) is 3.65. The number of anilines is 1. The average Bonchev–Trinajstić information content (AvgIpc) is 3.14. The van der Waals surface area contributed by atoms with Crippen molar-refractivity contribution >= 4 is 16.6 Å². The molecule has 0 unspecified atom stereocenters. The Kier molecular flexibility index (Phi) is 2.50. The van der Waals surface area contributed by atoms with E-state index in [2.05, 4.69) is 31.2 Å². The summed E-state index contributed by atoms with van der Waals surface area (Å²) in [4.78, 5) is 4.72. The van der Waals surface area contributed by atoms with Gasteiger partial charge in [0.05, 0.1) is 5.52 Å². The summed E-state index contributed by atoms with van der Waals surface area (Å²) in [7, 11) is 0. The molecular weight excluding hydrogens is 208 g/mol. The fourth-order valence-corrected chi connectivity index (χ4v) is 2.35. The van der Waals surface area contributed by atoms with Crippen LogP contribution in [0, 0.1) is 0 Å². The van der Waals surface area contributed by atoms with Gasteiger partial charge in [0.1, 0.15) is 0 Å². The number of aromatic nitrogens is 1. The Morgan fingerprint density at radius 1 is 1.29 bits per heavy atom. The molecule has 1 saturated carbocycles. The molecule has 0 amide bonds. The third-order valence-corrected chi connectivity index (χ3v) is 3.46. The molecule has 0 aliphatic heterocycles. The van der Waals surface area contributed by atoms with Crippen molar-refractivity contribution in [2.24, 2.45) is 0 Å². The highest BCUT2D eigenvalue weighted by atomic mass is 14.7. The first-order chi connectivity index (χ1) is 8.28. The van der Waals surface area contributed by atoms with Gasteiger partial charge in [-0.25, -0.2) is 0 Å². The Morgan fingerprint density at radius 2 is 2.12 bits per heavy atom. The van der Waals surface area contributed by atoms with Crippen molar-refractivity contribution in [1.29, 1.82) is 0 Å². The van der Waals surface area contributed by atoms with Crippen LogP contribution < -0.4 is 5.73 Å². The van der Waals surface area contributed by atoms with Crippen LogP contribution in [0.3, 0.4) is 0 Å². The minimum Gasteiger partial charge on any atom is -0.398 e.